The van der Waals surface area contributed by atoms with Crippen LogP contribution in [-0.2, 0) is 4.57 Å². The summed E-state index contributed by atoms with van der Waals surface area (Å²) in [7, 11) is -2.26. The van der Waals surface area contributed by atoms with E-state index >= 15 is 0 Å². The number of hydrogen-bond acceptors (Lipinski definition) is 2. The number of rotatable bonds is 4. The molecule has 0 amide bonds. The van der Waals surface area contributed by atoms with Gasteiger partial charge < -0.3 is 0 Å². The van der Waals surface area contributed by atoms with Gasteiger partial charge in [-0.15, -0.1) is 0 Å². The third-order valence-corrected chi connectivity index (χ3v) is 5.28. The molecule has 0 spiro atoms. The van der Waals surface area contributed by atoms with E-state index in [0.717, 1.165) is 11.1 Å². The van der Waals surface area contributed by atoms with E-state index in [1.807, 2.05) is 25.1 Å². The largest absolute Gasteiger partial charge is 0.281 e. The number of benzene rings is 3. The van der Waals surface area contributed by atoms with E-state index in [-0.39, 0.29) is 5.82 Å². The standard InChI is InChI=1S/C20H15FO2P/c1-14-6-2-3-7-17(14)20(22)24(23)19-9-5-4-8-18(19)15-10-12-16(21)13-11-15/h2-13H,1H3. The summed E-state index contributed by atoms with van der Waals surface area (Å²) < 4.78 is 26.0. The lowest BCUT2D eigenvalue weighted by Crippen LogP contribution is -2.08. The van der Waals surface area contributed by atoms with Crippen molar-refractivity contribution in [2.24, 2.45) is 0 Å². The van der Waals surface area contributed by atoms with Crippen LogP contribution in [0.4, 0.5) is 4.39 Å². The lowest BCUT2D eigenvalue weighted by atomic mass is 10.1. The first-order valence-corrected chi connectivity index (χ1v) is 8.76. The molecule has 0 saturated carbocycles. The molecule has 3 aromatic carbocycles. The molecular weight excluding hydrogens is 322 g/mol. The van der Waals surface area contributed by atoms with Gasteiger partial charge in [0.15, 0.2) is 7.80 Å². The Morgan fingerprint density at radius 2 is 1.50 bits per heavy atom. The van der Waals surface area contributed by atoms with Crippen molar-refractivity contribution in [2.45, 2.75) is 6.92 Å². The maximum Gasteiger partial charge on any atom is 0.246 e. The first-order valence-electron chi connectivity index (χ1n) is 7.50. The molecule has 0 aliphatic carbocycles. The fourth-order valence-electron chi connectivity index (χ4n) is 2.56. The second kappa shape index (κ2) is 6.86. The van der Waals surface area contributed by atoms with Gasteiger partial charge in [-0.1, -0.05) is 54.6 Å². The van der Waals surface area contributed by atoms with Crippen molar-refractivity contribution >= 4 is 18.6 Å². The fraction of sp³-hybridized carbons (Fsp3) is 0.0500. The summed E-state index contributed by atoms with van der Waals surface area (Å²) in [5.74, 6) is -0.336. The van der Waals surface area contributed by atoms with Gasteiger partial charge >= 0.3 is 0 Å². The van der Waals surface area contributed by atoms with Gasteiger partial charge in [-0.25, -0.2) is 4.39 Å². The Bertz CT molecular complexity index is 917. The molecule has 3 rings (SSSR count). The highest BCUT2D eigenvalue weighted by Crippen LogP contribution is 2.32. The molecule has 1 atom stereocenters. The molecule has 0 aliphatic heterocycles. The van der Waals surface area contributed by atoms with Crippen molar-refractivity contribution in [1.29, 1.82) is 0 Å². The number of carbonyl (C=O) groups is 1. The van der Waals surface area contributed by atoms with E-state index in [1.165, 1.54) is 12.1 Å². The molecule has 0 bridgehead atoms. The highest BCUT2D eigenvalue weighted by atomic mass is 31.1. The molecular formula is C20H15FO2P. The monoisotopic (exact) mass is 337 g/mol. The van der Waals surface area contributed by atoms with E-state index in [4.69, 9.17) is 0 Å². The van der Waals surface area contributed by atoms with Crippen LogP contribution < -0.4 is 5.30 Å². The predicted octanol–water partition coefficient (Wildman–Crippen LogP) is 5.09. The van der Waals surface area contributed by atoms with Crippen LogP contribution in [0, 0.1) is 12.7 Å². The first-order chi connectivity index (χ1) is 11.6. The number of hydrogen-bond donors (Lipinski definition) is 0. The van der Waals surface area contributed by atoms with E-state index < -0.39 is 13.3 Å². The smallest absolute Gasteiger partial charge is 0.246 e. The molecule has 1 radical (unpaired) electrons. The quantitative estimate of drug-likeness (QED) is 0.621. The van der Waals surface area contributed by atoms with E-state index in [9.17, 15) is 13.8 Å². The third kappa shape index (κ3) is 3.17. The maximum absolute atomic E-state index is 13.1. The Labute approximate surface area is 140 Å². The van der Waals surface area contributed by atoms with Gasteiger partial charge in [0.1, 0.15) is 5.82 Å². The normalized spacial score (nSPS) is 11.2. The molecule has 0 aromatic heterocycles. The number of halogens is 1. The van der Waals surface area contributed by atoms with Crippen LogP contribution in [0.2, 0.25) is 0 Å². The lowest BCUT2D eigenvalue weighted by Gasteiger charge is -2.09. The zero-order valence-corrected chi connectivity index (χ0v) is 14.0. The van der Waals surface area contributed by atoms with Crippen LogP contribution in [0.25, 0.3) is 11.1 Å². The van der Waals surface area contributed by atoms with E-state index in [2.05, 4.69) is 0 Å². The summed E-state index contributed by atoms with van der Waals surface area (Å²) in [6.07, 6.45) is 0. The predicted molar refractivity (Wildman–Crippen MR) is 94.6 cm³/mol. The third-order valence-electron chi connectivity index (χ3n) is 3.84. The van der Waals surface area contributed by atoms with Gasteiger partial charge in [0.05, 0.1) is 0 Å². The van der Waals surface area contributed by atoms with Crippen LogP contribution in [0.15, 0.2) is 72.8 Å². The van der Waals surface area contributed by atoms with Gasteiger partial charge in [0, 0.05) is 10.9 Å². The SMILES string of the molecule is Cc1ccccc1C(=O)[P](=O)c1ccccc1-c1ccc(F)cc1. The summed E-state index contributed by atoms with van der Waals surface area (Å²) in [6.45, 7) is 1.82. The number of aryl methyl sites for hydroxylation is 1. The molecule has 3 aromatic rings. The summed E-state index contributed by atoms with van der Waals surface area (Å²) in [6, 6.07) is 20.1. The van der Waals surface area contributed by atoms with Crippen molar-refractivity contribution < 1.29 is 13.8 Å². The maximum atomic E-state index is 13.1. The van der Waals surface area contributed by atoms with Crippen molar-refractivity contribution in [3.63, 3.8) is 0 Å². The second-order valence-corrected chi connectivity index (χ2v) is 6.92. The molecule has 0 N–H and O–H groups in total. The zero-order valence-electron chi connectivity index (χ0n) is 13.1. The van der Waals surface area contributed by atoms with Crippen molar-refractivity contribution in [2.75, 3.05) is 0 Å². The van der Waals surface area contributed by atoms with Gasteiger partial charge in [-0.05, 0) is 41.8 Å². The van der Waals surface area contributed by atoms with E-state index in [0.29, 0.717) is 16.4 Å². The number of carbonyl (C=O) groups excluding carboxylic acids is 1. The minimum Gasteiger partial charge on any atom is -0.281 e. The Balaban J connectivity index is 2.04. The average Bonchev–Trinajstić information content (AvgIpc) is 2.62. The minimum atomic E-state index is -2.26. The van der Waals surface area contributed by atoms with Crippen LogP contribution in [0.3, 0.4) is 0 Å². The van der Waals surface area contributed by atoms with Crippen LogP contribution in [0.5, 0.6) is 0 Å². The summed E-state index contributed by atoms with van der Waals surface area (Å²) in [5.41, 5.74) is 2.28. The van der Waals surface area contributed by atoms with Gasteiger partial charge in [0.2, 0.25) is 5.52 Å². The lowest BCUT2D eigenvalue weighted by molar-refractivity contribution is 0.107. The molecule has 0 fully saturated rings. The van der Waals surface area contributed by atoms with Crippen LogP contribution >= 0.6 is 7.80 Å². The van der Waals surface area contributed by atoms with Gasteiger partial charge in [0.25, 0.3) is 0 Å². The van der Waals surface area contributed by atoms with Gasteiger partial charge in [-0.3, -0.25) is 9.36 Å². The first kappa shape index (κ1) is 16.2. The minimum absolute atomic E-state index is 0.336. The molecule has 24 heavy (non-hydrogen) atoms. The van der Waals surface area contributed by atoms with Gasteiger partial charge in [-0.2, -0.15) is 0 Å². The molecule has 4 heteroatoms. The Morgan fingerprint density at radius 1 is 0.875 bits per heavy atom. The topological polar surface area (TPSA) is 34.1 Å². The van der Waals surface area contributed by atoms with E-state index in [1.54, 1.807) is 42.5 Å². The summed E-state index contributed by atoms with van der Waals surface area (Å²) in [4.78, 5) is 12.7. The summed E-state index contributed by atoms with van der Waals surface area (Å²) in [5, 5.41) is 0.465. The van der Waals surface area contributed by atoms with Crippen molar-refractivity contribution in [1.82, 2.24) is 0 Å². The Hall–Kier alpha value is -2.64. The highest BCUT2D eigenvalue weighted by Gasteiger charge is 2.21. The van der Waals surface area contributed by atoms with Crippen molar-refractivity contribution in [3.8, 4) is 11.1 Å². The highest BCUT2D eigenvalue weighted by molar-refractivity contribution is 7.71. The van der Waals surface area contributed by atoms with Crippen LogP contribution in [-0.4, -0.2) is 5.52 Å². The Kier molecular flexibility index (Phi) is 4.64. The summed E-state index contributed by atoms with van der Waals surface area (Å²) >= 11 is 0. The molecule has 0 aliphatic rings. The van der Waals surface area contributed by atoms with Crippen LogP contribution in [0.1, 0.15) is 15.9 Å². The van der Waals surface area contributed by atoms with Crippen molar-refractivity contribution in [3.05, 3.63) is 89.7 Å². The molecule has 2 nitrogen and oxygen atoms in total. The fourth-order valence-corrected chi connectivity index (χ4v) is 3.89. The molecule has 0 saturated heterocycles. The Morgan fingerprint density at radius 3 is 2.21 bits per heavy atom. The second-order valence-electron chi connectivity index (χ2n) is 5.44. The average molecular weight is 337 g/mol. The zero-order chi connectivity index (χ0) is 17.1. The molecule has 1 unspecified atom stereocenters. The molecule has 119 valence electrons. The molecule has 0 heterocycles.